The number of aliphatic hydroxyl groups is 1. The van der Waals surface area contributed by atoms with Gasteiger partial charge >= 0.3 is 0 Å². The predicted molar refractivity (Wildman–Crippen MR) is 90.8 cm³/mol. The van der Waals surface area contributed by atoms with Crippen molar-refractivity contribution < 1.29 is 19.2 Å². The molecule has 3 rings (SSSR count). The maximum atomic E-state index is 12.3. The Labute approximate surface area is 146 Å². The molecular weight excluding hydrogens is 322 g/mol. The number of amides is 2. The van der Waals surface area contributed by atoms with Crippen LogP contribution < -0.4 is 10.6 Å². The maximum absolute atomic E-state index is 12.3. The van der Waals surface area contributed by atoms with Crippen molar-refractivity contribution in [1.82, 2.24) is 15.8 Å². The van der Waals surface area contributed by atoms with E-state index in [1.807, 2.05) is 0 Å². The molecule has 0 spiro atoms. The monoisotopic (exact) mass is 347 g/mol. The lowest BCUT2D eigenvalue weighted by atomic mass is 9.99. The SMILES string of the molecule is Cc1cc(C(=O)N[C@H]2C[C@H](C(=O)NCC3=CCCCC3)C[C@@H]2O)no1. The lowest BCUT2D eigenvalue weighted by Crippen LogP contribution is -2.40. The molecule has 1 fully saturated rings. The van der Waals surface area contributed by atoms with Gasteiger partial charge in [0.05, 0.1) is 12.1 Å². The highest BCUT2D eigenvalue weighted by molar-refractivity contribution is 5.92. The molecule has 0 aromatic carbocycles. The van der Waals surface area contributed by atoms with Gasteiger partial charge in [-0.1, -0.05) is 16.8 Å². The van der Waals surface area contributed by atoms with Crippen LogP contribution in [0.4, 0.5) is 0 Å². The molecule has 0 bridgehead atoms. The lowest BCUT2D eigenvalue weighted by molar-refractivity contribution is -0.124. The third-order valence-electron chi connectivity index (χ3n) is 4.95. The molecule has 7 nitrogen and oxygen atoms in total. The number of nitrogens with zero attached hydrogens (tertiary/aromatic N) is 1. The van der Waals surface area contributed by atoms with E-state index in [0.717, 1.165) is 12.8 Å². The van der Waals surface area contributed by atoms with Crippen LogP contribution in [-0.2, 0) is 4.79 Å². The molecule has 3 N–H and O–H groups in total. The number of nitrogens with one attached hydrogen (secondary N) is 2. The van der Waals surface area contributed by atoms with Gasteiger partial charge in [-0.2, -0.15) is 0 Å². The van der Waals surface area contributed by atoms with E-state index >= 15 is 0 Å². The molecule has 136 valence electrons. The van der Waals surface area contributed by atoms with Crippen molar-refractivity contribution >= 4 is 11.8 Å². The first-order chi connectivity index (χ1) is 12.0. The van der Waals surface area contributed by atoms with Crippen molar-refractivity contribution in [3.05, 3.63) is 29.2 Å². The number of carbonyl (C=O) groups is 2. The van der Waals surface area contributed by atoms with Crippen molar-refractivity contribution in [3.8, 4) is 0 Å². The van der Waals surface area contributed by atoms with E-state index in [2.05, 4.69) is 21.9 Å². The van der Waals surface area contributed by atoms with Gasteiger partial charge in [-0.05, 0) is 45.4 Å². The molecule has 2 aliphatic carbocycles. The summed E-state index contributed by atoms with van der Waals surface area (Å²) >= 11 is 0. The first kappa shape index (κ1) is 17.7. The Morgan fingerprint density at radius 1 is 1.36 bits per heavy atom. The molecule has 1 aromatic heterocycles. The summed E-state index contributed by atoms with van der Waals surface area (Å²) in [6, 6.07) is 1.09. The largest absolute Gasteiger partial charge is 0.391 e. The molecule has 0 unspecified atom stereocenters. The normalized spacial score (nSPS) is 26.2. The fourth-order valence-corrected chi connectivity index (χ4v) is 3.51. The highest BCUT2D eigenvalue weighted by Crippen LogP contribution is 2.27. The number of rotatable bonds is 5. The van der Waals surface area contributed by atoms with Crippen LogP contribution in [0.5, 0.6) is 0 Å². The Bertz CT molecular complexity index is 667. The first-order valence-electron chi connectivity index (χ1n) is 8.91. The minimum absolute atomic E-state index is 0.0560. The van der Waals surface area contributed by atoms with Gasteiger partial charge in [0.1, 0.15) is 5.76 Å². The summed E-state index contributed by atoms with van der Waals surface area (Å²) in [6.07, 6.45) is 6.78. The van der Waals surface area contributed by atoms with Crippen LogP contribution in [-0.4, -0.2) is 40.8 Å². The van der Waals surface area contributed by atoms with Crippen LogP contribution in [0.2, 0.25) is 0 Å². The highest BCUT2D eigenvalue weighted by Gasteiger charge is 2.38. The Hall–Kier alpha value is -2.15. The molecule has 3 atom stereocenters. The Morgan fingerprint density at radius 2 is 2.20 bits per heavy atom. The Morgan fingerprint density at radius 3 is 2.88 bits per heavy atom. The summed E-state index contributed by atoms with van der Waals surface area (Å²) in [4.78, 5) is 24.5. The van der Waals surface area contributed by atoms with Crippen molar-refractivity contribution in [2.75, 3.05) is 6.54 Å². The summed E-state index contributed by atoms with van der Waals surface area (Å²) in [5, 5.41) is 19.6. The van der Waals surface area contributed by atoms with Gasteiger partial charge in [0.15, 0.2) is 5.69 Å². The summed E-state index contributed by atoms with van der Waals surface area (Å²) in [5.74, 6) is -0.191. The van der Waals surface area contributed by atoms with Gasteiger partial charge in [-0.25, -0.2) is 0 Å². The Kier molecular flexibility index (Phi) is 5.53. The van der Waals surface area contributed by atoms with Crippen molar-refractivity contribution in [1.29, 1.82) is 0 Å². The van der Waals surface area contributed by atoms with E-state index in [4.69, 9.17) is 4.52 Å². The van der Waals surface area contributed by atoms with E-state index < -0.39 is 18.1 Å². The van der Waals surface area contributed by atoms with Gasteiger partial charge in [0.2, 0.25) is 5.91 Å². The minimum Gasteiger partial charge on any atom is -0.391 e. The lowest BCUT2D eigenvalue weighted by Gasteiger charge is -2.16. The molecule has 2 aliphatic rings. The number of aryl methyl sites for hydroxylation is 1. The van der Waals surface area contributed by atoms with E-state index in [-0.39, 0.29) is 17.5 Å². The first-order valence-corrected chi connectivity index (χ1v) is 8.91. The number of aromatic nitrogens is 1. The molecule has 0 radical (unpaired) electrons. The molecule has 25 heavy (non-hydrogen) atoms. The molecule has 2 amide bonds. The third-order valence-corrected chi connectivity index (χ3v) is 4.95. The average molecular weight is 347 g/mol. The van der Waals surface area contributed by atoms with Crippen LogP contribution >= 0.6 is 0 Å². The van der Waals surface area contributed by atoms with Gasteiger partial charge in [-0.3, -0.25) is 9.59 Å². The van der Waals surface area contributed by atoms with Gasteiger partial charge in [0, 0.05) is 18.5 Å². The zero-order chi connectivity index (χ0) is 17.8. The van der Waals surface area contributed by atoms with Crippen LogP contribution in [0.1, 0.15) is 54.8 Å². The summed E-state index contributed by atoms with van der Waals surface area (Å²) in [5.41, 5.74) is 1.46. The smallest absolute Gasteiger partial charge is 0.273 e. The number of carbonyl (C=O) groups excluding carboxylic acids is 2. The second kappa shape index (κ2) is 7.82. The zero-order valence-corrected chi connectivity index (χ0v) is 14.5. The topological polar surface area (TPSA) is 104 Å². The number of aliphatic hydroxyl groups excluding tert-OH is 1. The maximum Gasteiger partial charge on any atom is 0.273 e. The van der Waals surface area contributed by atoms with E-state index in [9.17, 15) is 14.7 Å². The van der Waals surface area contributed by atoms with Crippen molar-refractivity contribution in [2.45, 2.75) is 57.6 Å². The fraction of sp³-hybridized carbons (Fsp3) is 0.611. The number of hydrogen-bond donors (Lipinski definition) is 3. The molecule has 0 aliphatic heterocycles. The second-order valence-electron chi connectivity index (χ2n) is 6.96. The quantitative estimate of drug-likeness (QED) is 0.700. The summed E-state index contributed by atoms with van der Waals surface area (Å²) in [7, 11) is 0. The number of allylic oxidation sites excluding steroid dienone is 1. The summed E-state index contributed by atoms with van der Waals surface area (Å²) < 4.78 is 4.88. The van der Waals surface area contributed by atoms with Crippen LogP contribution in [0, 0.1) is 12.8 Å². The zero-order valence-electron chi connectivity index (χ0n) is 14.5. The van der Waals surface area contributed by atoms with Crippen LogP contribution in [0.15, 0.2) is 22.2 Å². The Balaban J connectivity index is 1.49. The number of hydrogen-bond acceptors (Lipinski definition) is 5. The average Bonchev–Trinajstić information content (AvgIpc) is 3.20. The molecule has 1 saturated carbocycles. The summed E-state index contributed by atoms with van der Waals surface area (Å²) in [6.45, 7) is 2.29. The van der Waals surface area contributed by atoms with Gasteiger partial charge in [-0.15, -0.1) is 0 Å². The molecule has 1 heterocycles. The second-order valence-corrected chi connectivity index (χ2v) is 6.96. The highest BCUT2D eigenvalue weighted by atomic mass is 16.5. The molecule has 0 saturated heterocycles. The van der Waals surface area contributed by atoms with Crippen LogP contribution in [0.25, 0.3) is 0 Å². The molecular formula is C18H25N3O4. The van der Waals surface area contributed by atoms with Crippen molar-refractivity contribution in [2.24, 2.45) is 5.92 Å². The standard InChI is InChI=1S/C18H25N3O4/c1-11-7-15(21-25-11)18(24)20-14-8-13(9-16(14)22)17(23)19-10-12-5-3-2-4-6-12/h5,7,13-14,16,22H,2-4,6,8-10H2,1H3,(H,19,23)(H,20,24)/t13-,14-,16-/m0/s1. The predicted octanol–water partition coefficient (Wildman–Crippen LogP) is 1.47. The van der Waals surface area contributed by atoms with E-state index in [0.29, 0.717) is 25.1 Å². The minimum atomic E-state index is -0.735. The van der Waals surface area contributed by atoms with Crippen molar-refractivity contribution in [3.63, 3.8) is 0 Å². The fourth-order valence-electron chi connectivity index (χ4n) is 3.51. The van der Waals surface area contributed by atoms with E-state index in [1.54, 1.807) is 13.0 Å². The van der Waals surface area contributed by atoms with Gasteiger partial charge < -0.3 is 20.3 Å². The van der Waals surface area contributed by atoms with Gasteiger partial charge in [0.25, 0.3) is 5.91 Å². The third kappa shape index (κ3) is 4.48. The molecule has 1 aromatic rings. The van der Waals surface area contributed by atoms with Crippen LogP contribution in [0.3, 0.4) is 0 Å². The van der Waals surface area contributed by atoms with E-state index in [1.165, 1.54) is 18.4 Å². The molecule has 7 heteroatoms.